The summed E-state index contributed by atoms with van der Waals surface area (Å²) in [6.45, 7) is 4.11. The number of aromatic nitrogens is 4. The maximum Gasteiger partial charge on any atom is 0.420 e. The molecule has 212 valence electrons. The SMILES string of the molecule is Cc1ccc(-c2cnc(N3CC(O)(C(F)(F)F)C3)nc2)cc1NC(=O)c1cnn2ccc(N3CC4(COC4)C3)cc12. The van der Waals surface area contributed by atoms with Crippen molar-refractivity contribution in [3.05, 3.63) is 66.2 Å². The standard InChI is InChI=1S/C28H26F3N7O3/c1-17-2-3-18(19-8-32-25(33-9-19)37-13-27(40,14-37)28(29,30)31)6-22(17)35-24(39)21-10-34-38-5-4-20(7-23(21)38)36-11-26(12-36)15-41-16-26/h2-10,40H,11-16H2,1H3,(H,35,39). The van der Waals surface area contributed by atoms with Crippen molar-refractivity contribution >= 4 is 28.7 Å². The number of nitrogens with one attached hydrogen (secondary N) is 1. The first kappa shape index (κ1) is 25.7. The number of aliphatic hydroxyl groups is 1. The van der Waals surface area contributed by atoms with Crippen molar-refractivity contribution in [3.8, 4) is 11.1 Å². The summed E-state index contributed by atoms with van der Waals surface area (Å²) < 4.78 is 45.9. The zero-order chi connectivity index (χ0) is 28.6. The molecule has 2 N–H and O–H groups in total. The smallest absolute Gasteiger partial charge is 0.380 e. The minimum Gasteiger partial charge on any atom is -0.380 e. The summed E-state index contributed by atoms with van der Waals surface area (Å²) in [4.78, 5) is 25.3. The van der Waals surface area contributed by atoms with E-state index in [1.807, 2.05) is 37.4 Å². The first-order valence-corrected chi connectivity index (χ1v) is 13.1. The number of halogens is 3. The molecule has 3 aliphatic heterocycles. The van der Waals surface area contributed by atoms with Crippen LogP contribution in [0, 0.1) is 12.3 Å². The van der Waals surface area contributed by atoms with E-state index in [1.165, 1.54) is 17.3 Å². The summed E-state index contributed by atoms with van der Waals surface area (Å²) in [5, 5.41) is 17.0. The molecule has 41 heavy (non-hydrogen) atoms. The average Bonchev–Trinajstić information content (AvgIpc) is 3.29. The van der Waals surface area contributed by atoms with Gasteiger partial charge in [-0.05, 0) is 36.2 Å². The normalized spacial score (nSPS) is 19.0. The van der Waals surface area contributed by atoms with Crippen LogP contribution in [0.25, 0.3) is 16.6 Å². The molecular weight excluding hydrogens is 539 g/mol. The third kappa shape index (κ3) is 4.27. The molecule has 0 bridgehead atoms. The Balaban J connectivity index is 1.07. The van der Waals surface area contributed by atoms with Gasteiger partial charge in [-0.25, -0.2) is 14.5 Å². The van der Waals surface area contributed by atoms with Gasteiger partial charge in [-0.2, -0.15) is 18.3 Å². The summed E-state index contributed by atoms with van der Waals surface area (Å²) in [6.07, 6.45) is 1.70. The van der Waals surface area contributed by atoms with E-state index in [1.54, 1.807) is 16.8 Å². The van der Waals surface area contributed by atoms with Crippen molar-refractivity contribution < 1.29 is 27.8 Å². The molecule has 3 saturated heterocycles. The number of benzene rings is 1. The van der Waals surface area contributed by atoms with Crippen LogP contribution in [0.2, 0.25) is 0 Å². The second-order valence-corrected chi connectivity index (χ2v) is 11.3. The monoisotopic (exact) mass is 565 g/mol. The highest BCUT2D eigenvalue weighted by Gasteiger charge is 2.61. The molecule has 3 aliphatic rings. The number of alkyl halides is 3. The van der Waals surface area contributed by atoms with Gasteiger partial charge in [0.15, 0.2) is 5.60 Å². The van der Waals surface area contributed by atoms with Gasteiger partial charge in [0, 0.05) is 48.6 Å². The van der Waals surface area contributed by atoms with Gasteiger partial charge in [-0.1, -0.05) is 12.1 Å². The van der Waals surface area contributed by atoms with Crippen LogP contribution in [-0.4, -0.2) is 81.8 Å². The quantitative estimate of drug-likeness (QED) is 0.380. The van der Waals surface area contributed by atoms with Gasteiger partial charge in [-0.3, -0.25) is 4.79 Å². The van der Waals surface area contributed by atoms with E-state index in [4.69, 9.17) is 4.74 Å². The number of rotatable bonds is 5. The molecule has 3 aromatic heterocycles. The van der Waals surface area contributed by atoms with E-state index in [0.29, 0.717) is 22.3 Å². The molecular formula is C28H26F3N7O3. The van der Waals surface area contributed by atoms with Gasteiger partial charge in [-0.15, -0.1) is 0 Å². The molecule has 0 aliphatic carbocycles. The third-order valence-corrected chi connectivity index (χ3v) is 8.16. The van der Waals surface area contributed by atoms with Crippen LogP contribution in [0.4, 0.5) is 30.5 Å². The van der Waals surface area contributed by atoms with Crippen LogP contribution in [0.15, 0.2) is 55.1 Å². The molecule has 0 atom stereocenters. The molecule has 3 fully saturated rings. The van der Waals surface area contributed by atoms with E-state index in [0.717, 1.165) is 43.1 Å². The van der Waals surface area contributed by atoms with Crippen LogP contribution in [-0.2, 0) is 4.74 Å². The Hall–Kier alpha value is -4.23. The van der Waals surface area contributed by atoms with E-state index in [2.05, 4.69) is 25.3 Å². The van der Waals surface area contributed by atoms with Crippen LogP contribution in [0.5, 0.6) is 0 Å². The van der Waals surface area contributed by atoms with Crippen LogP contribution >= 0.6 is 0 Å². The predicted molar refractivity (Wildman–Crippen MR) is 144 cm³/mol. The maximum atomic E-state index is 13.4. The van der Waals surface area contributed by atoms with Crippen LogP contribution in [0.3, 0.4) is 0 Å². The van der Waals surface area contributed by atoms with Gasteiger partial charge in [0.05, 0.1) is 49.0 Å². The van der Waals surface area contributed by atoms with Crippen molar-refractivity contribution in [3.63, 3.8) is 0 Å². The highest BCUT2D eigenvalue weighted by atomic mass is 19.4. The van der Waals surface area contributed by atoms with E-state index in [9.17, 15) is 23.1 Å². The zero-order valence-electron chi connectivity index (χ0n) is 22.0. The fourth-order valence-electron chi connectivity index (χ4n) is 5.53. The number of anilines is 3. The summed E-state index contributed by atoms with van der Waals surface area (Å²) in [5.41, 5.74) is 2.50. The van der Waals surface area contributed by atoms with E-state index in [-0.39, 0.29) is 17.3 Å². The lowest BCUT2D eigenvalue weighted by molar-refractivity contribution is -0.267. The predicted octanol–water partition coefficient (Wildman–Crippen LogP) is 3.30. The summed E-state index contributed by atoms with van der Waals surface area (Å²) in [7, 11) is 0. The molecule has 13 heteroatoms. The number of carbonyl (C=O) groups is 1. The number of nitrogens with zero attached hydrogens (tertiary/aromatic N) is 6. The molecule has 0 radical (unpaired) electrons. The third-order valence-electron chi connectivity index (χ3n) is 8.16. The molecule has 0 saturated carbocycles. The number of amides is 1. The largest absolute Gasteiger partial charge is 0.420 e. The van der Waals surface area contributed by atoms with Crippen LogP contribution in [0.1, 0.15) is 15.9 Å². The van der Waals surface area contributed by atoms with Crippen molar-refractivity contribution in [1.82, 2.24) is 19.6 Å². The number of carbonyl (C=O) groups excluding carboxylic acids is 1. The van der Waals surface area contributed by atoms with E-state index < -0.39 is 24.9 Å². The number of pyridine rings is 1. The minimum absolute atomic E-state index is 0.102. The molecule has 4 aromatic rings. The molecule has 6 heterocycles. The van der Waals surface area contributed by atoms with Crippen molar-refractivity contribution in [2.45, 2.75) is 18.7 Å². The fourth-order valence-corrected chi connectivity index (χ4v) is 5.53. The first-order chi connectivity index (χ1) is 19.5. The van der Waals surface area contributed by atoms with Crippen molar-refractivity contribution in [2.75, 3.05) is 54.5 Å². The number of hydrogen-bond acceptors (Lipinski definition) is 8. The van der Waals surface area contributed by atoms with Crippen LogP contribution < -0.4 is 15.1 Å². The summed E-state index contributed by atoms with van der Waals surface area (Å²) in [5.74, 6) is -0.198. The zero-order valence-corrected chi connectivity index (χ0v) is 22.0. The summed E-state index contributed by atoms with van der Waals surface area (Å²) >= 11 is 0. The van der Waals surface area contributed by atoms with E-state index >= 15 is 0 Å². The number of aryl methyl sites for hydroxylation is 1. The second kappa shape index (κ2) is 8.88. The highest BCUT2D eigenvalue weighted by Crippen LogP contribution is 2.41. The molecule has 1 spiro atoms. The Kier molecular flexibility index (Phi) is 5.57. The summed E-state index contributed by atoms with van der Waals surface area (Å²) in [6, 6.07) is 9.48. The lowest BCUT2D eigenvalue weighted by Crippen LogP contribution is -2.69. The Labute approximate surface area is 232 Å². The molecule has 1 amide bonds. The molecule has 0 unspecified atom stereocenters. The number of β-amino-alcohol motifs (C(OH)–C–C–N with tert-alkyl or cyclic N) is 1. The number of hydrogen-bond donors (Lipinski definition) is 2. The molecule has 10 nitrogen and oxygen atoms in total. The second-order valence-electron chi connectivity index (χ2n) is 11.3. The van der Waals surface area contributed by atoms with Gasteiger partial charge >= 0.3 is 6.18 Å². The van der Waals surface area contributed by atoms with Crippen molar-refractivity contribution in [2.24, 2.45) is 5.41 Å². The Morgan fingerprint density at radius 2 is 1.73 bits per heavy atom. The molecule has 1 aromatic carbocycles. The van der Waals surface area contributed by atoms with Gasteiger partial charge in [0.2, 0.25) is 5.95 Å². The Morgan fingerprint density at radius 1 is 1.00 bits per heavy atom. The average molecular weight is 566 g/mol. The first-order valence-electron chi connectivity index (χ1n) is 13.1. The highest BCUT2D eigenvalue weighted by molar-refractivity contribution is 6.09. The van der Waals surface area contributed by atoms with Gasteiger partial charge < -0.3 is 25.0 Å². The fraction of sp³-hybridized carbons (Fsp3) is 0.357. The van der Waals surface area contributed by atoms with Gasteiger partial charge in [0.1, 0.15) is 0 Å². The lowest BCUT2D eigenvalue weighted by atomic mass is 9.78. The minimum atomic E-state index is -4.71. The Bertz CT molecular complexity index is 1650. The number of fused-ring (bicyclic) bond motifs is 1. The lowest BCUT2D eigenvalue weighted by Gasteiger charge is -2.56. The molecule has 7 rings (SSSR count). The maximum absolute atomic E-state index is 13.4. The topological polar surface area (TPSA) is 108 Å². The van der Waals surface area contributed by atoms with Crippen molar-refractivity contribution in [1.29, 1.82) is 0 Å². The number of ether oxygens (including phenoxy) is 1. The Morgan fingerprint density at radius 3 is 2.39 bits per heavy atom. The van der Waals surface area contributed by atoms with Gasteiger partial charge in [0.25, 0.3) is 5.91 Å².